The first-order valence-electron chi connectivity index (χ1n) is 13.9. The number of pyridine rings is 1. The van der Waals surface area contributed by atoms with Crippen molar-refractivity contribution >= 4 is 39.3 Å². The van der Waals surface area contributed by atoms with E-state index in [4.69, 9.17) is 4.74 Å². The summed E-state index contributed by atoms with van der Waals surface area (Å²) in [6.45, 7) is 3.69. The fraction of sp³-hybridized carbons (Fsp3) is 0.333. The molecule has 3 aromatic rings. The standard InChI is InChI=1S/C30H35N5O7S/c1-20-28(35(21(2)42-20)43(40,41)24-9-4-3-5-10-24)29(37)34-25(30(38)39)19-22-13-15-23(16-14-22)33-27(36)12-8-18-32-26-11-6-7-17-31-26/h3-7,9-11,13-17,20-21,25,28H,8,12,18-19H2,1-2H3,(H,31,32)(H,33,36)(H,34,37)(H,38,39)/t20?,21?,25-,28-/m0/s1. The molecule has 43 heavy (non-hydrogen) atoms. The van der Waals surface area contributed by atoms with E-state index in [1.807, 2.05) is 18.2 Å². The summed E-state index contributed by atoms with van der Waals surface area (Å²) in [5.41, 5.74) is 1.15. The zero-order chi connectivity index (χ0) is 31.0. The van der Waals surface area contributed by atoms with Gasteiger partial charge in [0, 0.05) is 31.3 Å². The molecule has 13 heteroatoms. The van der Waals surface area contributed by atoms with Gasteiger partial charge in [-0.15, -0.1) is 0 Å². The van der Waals surface area contributed by atoms with E-state index < -0.39 is 46.3 Å². The van der Waals surface area contributed by atoms with Crippen molar-refractivity contribution in [3.05, 3.63) is 84.6 Å². The van der Waals surface area contributed by atoms with Gasteiger partial charge < -0.3 is 25.8 Å². The van der Waals surface area contributed by atoms with Crippen LogP contribution in [0.25, 0.3) is 0 Å². The quantitative estimate of drug-likeness (QED) is 0.213. The van der Waals surface area contributed by atoms with Gasteiger partial charge in [-0.2, -0.15) is 4.31 Å². The Hall–Kier alpha value is -4.33. The summed E-state index contributed by atoms with van der Waals surface area (Å²) in [4.78, 5) is 41.9. The Kier molecular flexibility index (Phi) is 10.5. The van der Waals surface area contributed by atoms with E-state index in [-0.39, 0.29) is 17.2 Å². The Morgan fingerprint density at radius 1 is 1.00 bits per heavy atom. The SMILES string of the molecule is CC1OC(C)N(S(=O)(=O)c2ccccc2)[C@@H]1C(=O)N[C@@H](Cc1ccc(NC(=O)CCCNc2ccccn2)cc1)C(=O)O. The van der Waals surface area contributed by atoms with Crippen LogP contribution in [0.15, 0.2) is 83.9 Å². The topological polar surface area (TPSA) is 167 Å². The predicted octanol–water partition coefficient (Wildman–Crippen LogP) is 2.85. The van der Waals surface area contributed by atoms with Crippen LogP contribution in [0.4, 0.5) is 11.5 Å². The number of hydrogen-bond donors (Lipinski definition) is 4. The van der Waals surface area contributed by atoms with Crippen LogP contribution < -0.4 is 16.0 Å². The Morgan fingerprint density at radius 3 is 2.35 bits per heavy atom. The average Bonchev–Trinajstić information content (AvgIpc) is 3.31. The Labute approximate surface area is 250 Å². The van der Waals surface area contributed by atoms with E-state index in [1.165, 1.54) is 19.1 Å². The summed E-state index contributed by atoms with van der Waals surface area (Å²) in [5.74, 6) is -1.47. The smallest absolute Gasteiger partial charge is 0.326 e. The molecule has 0 radical (unpaired) electrons. The molecule has 4 atom stereocenters. The summed E-state index contributed by atoms with van der Waals surface area (Å²) in [7, 11) is -4.11. The minimum Gasteiger partial charge on any atom is -0.480 e. The van der Waals surface area contributed by atoms with Crippen molar-refractivity contribution < 1.29 is 32.6 Å². The van der Waals surface area contributed by atoms with Crippen molar-refractivity contribution in [3.8, 4) is 0 Å². The van der Waals surface area contributed by atoms with Gasteiger partial charge in [-0.3, -0.25) is 9.59 Å². The maximum atomic E-state index is 13.4. The first-order chi connectivity index (χ1) is 20.6. The average molecular weight is 610 g/mol. The molecule has 1 aromatic heterocycles. The van der Waals surface area contributed by atoms with Gasteiger partial charge in [-0.1, -0.05) is 36.4 Å². The molecule has 2 unspecified atom stereocenters. The zero-order valence-electron chi connectivity index (χ0n) is 23.8. The van der Waals surface area contributed by atoms with Crippen LogP contribution in [0.5, 0.6) is 0 Å². The van der Waals surface area contributed by atoms with Gasteiger partial charge in [0.15, 0.2) is 0 Å². The molecule has 0 aliphatic carbocycles. The maximum absolute atomic E-state index is 13.4. The lowest BCUT2D eigenvalue weighted by Gasteiger charge is -2.27. The lowest BCUT2D eigenvalue weighted by Crippen LogP contribution is -2.54. The summed E-state index contributed by atoms with van der Waals surface area (Å²) in [6.07, 6.45) is 0.791. The molecular weight excluding hydrogens is 574 g/mol. The van der Waals surface area contributed by atoms with Crippen LogP contribution >= 0.6 is 0 Å². The lowest BCUT2D eigenvalue weighted by molar-refractivity contribution is -0.142. The van der Waals surface area contributed by atoms with Crippen LogP contribution in [0.1, 0.15) is 32.3 Å². The normalized spacial score (nSPS) is 19.3. The highest BCUT2D eigenvalue weighted by Gasteiger charge is 2.49. The maximum Gasteiger partial charge on any atom is 0.326 e. The van der Waals surface area contributed by atoms with Crippen molar-refractivity contribution in [3.63, 3.8) is 0 Å². The largest absolute Gasteiger partial charge is 0.480 e. The van der Waals surface area contributed by atoms with Gasteiger partial charge in [0.25, 0.3) is 0 Å². The molecule has 4 N–H and O–H groups in total. The number of aromatic nitrogens is 1. The van der Waals surface area contributed by atoms with Crippen molar-refractivity contribution in [2.45, 2.75) is 62.4 Å². The van der Waals surface area contributed by atoms with E-state index in [2.05, 4.69) is 20.9 Å². The third-order valence-corrected chi connectivity index (χ3v) is 8.87. The first-order valence-corrected chi connectivity index (χ1v) is 15.3. The highest BCUT2D eigenvalue weighted by atomic mass is 32.2. The van der Waals surface area contributed by atoms with Gasteiger partial charge in [-0.05, 0) is 62.2 Å². The number of aliphatic carboxylic acids is 1. The second-order valence-corrected chi connectivity index (χ2v) is 12.0. The van der Waals surface area contributed by atoms with Gasteiger partial charge in [0.1, 0.15) is 24.1 Å². The fourth-order valence-corrected chi connectivity index (χ4v) is 6.59. The van der Waals surface area contributed by atoms with Crippen molar-refractivity contribution in [1.82, 2.24) is 14.6 Å². The second kappa shape index (κ2) is 14.2. The monoisotopic (exact) mass is 609 g/mol. The number of hydrogen-bond acceptors (Lipinski definition) is 8. The van der Waals surface area contributed by atoms with Crippen molar-refractivity contribution in [2.24, 2.45) is 0 Å². The molecule has 1 fully saturated rings. The van der Waals surface area contributed by atoms with Crippen LogP contribution in [0.3, 0.4) is 0 Å². The van der Waals surface area contributed by atoms with Crippen molar-refractivity contribution in [2.75, 3.05) is 17.2 Å². The van der Waals surface area contributed by atoms with E-state index in [0.29, 0.717) is 30.6 Å². The summed E-state index contributed by atoms with van der Waals surface area (Å²) in [5, 5.41) is 18.3. The molecule has 228 valence electrons. The lowest BCUT2D eigenvalue weighted by atomic mass is 10.0. The molecule has 1 aliphatic heterocycles. The fourth-order valence-electron chi connectivity index (χ4n) is 4.84. The number of carbonyl (C=O) groups excluding carboxylic acids is 2. The Balaban J connectivity index is 1.34. The number of carboxylic acids is 1. The van der Waals surface area contributed by atoms with E-state index in [0.717, 1.165) is 10.1 Å². The van der Waals surface area contributed by atoms with Crippen LogP contribution in [0.2, 0.25) is 0 Å². The number of sulfonamides is 1. The third kappa shape index (κ3) is 8.15. The number of nitrogens with one attached hydrogen (secondary N) is 3. The second-order valence-electron chi connectivity index (χ2n) is 10.1. The Bertz CT molecular complexity index is 1500. The molecule has 2 aromatic carbocycles. The number of carbonyl (C=O) groups is 3. The van der Waals surface area contributed by atoms with Crippen molar-refractivity contribution in [1.29, 1.82) is 0 Å². The number of amides is 2. The Morgan fingerprint density at radius 2 is 1.70 bits per heavy atom. The van der Waals surface area contributed by atoms with Gasteiger partial charge in [0.05, 0.1) is 11.0 Å². The van der Waals surface area contributed by atoms with E-state index >= 15 is 0 Å². The molecule has 2 amide bonds. The molecular formula is C30H35N5O7S. The molecule has 0 spiro atoms. The number of rotatable bonds is 13. The summed E-state index contributed by atoms with van der Waals surface area (Å²) < 4.78 is 33.4. The molecule has 0 saturated carbocycles. The third-order valence-electron chi connectivity index (χ3n) is 6.92. The molecule has 12 nitrogen and oxygen atoms in total. The molecule has 4 rings (SSSR count). The van der Waals surface area contributed by atoms with Gasteiger partial charge >= 0.3 is 5.97 Å². The number of ether oxygens (including phenoxy) is 1. The van der Waals surface area contributed by atoms with Crippen LogP contribution in [-0.4, -0.2) is 71.6 Å². The number of benzene rings is 2. The minimum atomic E-state index is -4.11. The molecule has 0 bridgehead atoms. The first kappa shape index (κ1) is 31.6. The number of nitrogens with zero attached hydrogens (tertiary/aromatic N) is 2. The minimum absolute atomic E-state index is 0.000432. The highest BCUT2D eigenvalue weighted by Crippen LogP contribution is 2.30. The van der Waals surface area contributed by atoms with Gasteiger partial charge in [-0.25, -0.2) is 18.2 Å². The van der Waals surface area contributed by atoms with Gasteiger partial charge in [0.2, 0.25) is 21.8 Å². The highest BCUT2D eigenvalue weighted by molar-refractivity contribution is 7.89. The van der Waals surface area contributed by atoms with E-state index in [1.54, 1.807) is 55.6 Å². The number of anilines is 2. The number of carboxylic acid groups (broad SMARTS) is 1. The predicted molar refractivity (Wildman–Crippen MR) is 160 cm³/mol. The van der Waals surface area contributed by atoms with E-state index in [9.17, 15) is 27.9 Å². The summed E-state index contributed by atoms with van der Waals surface area (Å²) >= 11 is 0. The zero-order valence-corrected chi connectivity index (χ0v) is 24.7. The molecule has 1 saturated heterocycles. The molecule has 1 aliphatic rings. The summed E-state index contributed by atoms with van der Waals surface area (Å²) in [6, 6.07) is 17.3. The van der Waals surface area contributed by atoms with Crippen LogP contribution in [0, 0.1) is 0 Å². The van der Waals surface area contributed by atoms with Crippen LogP contribution in [-0.2, 0) is 35.6 Å². The molecule has 2 heterocycles.